The first-order valence-corrected chi connectivity index (χ1v) is 16.5. The summed E-state index contributed by atoms with van der Waals surface area (Å²) < 4.78 is 5.69. The molecule has 2 aliphatic carbocycles. The summed E-state index contributed by atoms with van der Waals surface area (Å²) in [5.41, 5.74) is 12.0. The summed E-state index contributed by atoms with van der Waals surface area (Å²) in [6, 6.07) is 33.7. The van der Waals surface area contributed by atoms with Crippen molar-refractivity contribution in [1.82, 2.24) is 0 Å². The van der Waals surface area contributed by atoms with Crippen LogP contribution < -0.4 is 16.4 Å². The van der Waals surface area contributed by atoms with Gasteiger partial charge in [0.05, 0.1) is 0 Å². The zero-order chi connectivity index (χ0) is 25.7. The average molecular weight is 545 g/mol. The monoisotopic (exact) mass is 544 g/mol. The maximum atomic E-state index is 2.67. The van der Waals surface area contributed by atoms with Crippen LogP contribution in [0.3, 0.4) is 0 Å². The Morgan fingerprint density at radius 1 is 0.550 bits per heavy atom. The molecule has 4 aliphatic rings. The van der Waals surface area contributed by atoms with Crippen LogP contribution in [0, 0.1) is 11.8 Å². The van der Waals surface area contributed by atoms with Gasteiger partial charge < -0.3 is 0 Å². The van der Waals surface area contributed by atoms with E-state index >= 15 is 0 Å². The van der Waals surface area contributed by atoms with Crippen LogP contribution in [0.5, 0.6) is 0 Å². The van der Waals surface area contributed by atoms with E-state index in [1.165, 1.54) is 105 Å². The van der Waals surface area contributed by atoms with Crippen molar-refractivity contribution in [1.29, 1.82) is 0 Å². The first-order valence-electron chi connectivity index (χ1n) is 14.9. The average Bonchev–Trinajstić information content (AvgIpc) is 3.75. The van der Waals surface area contributed by atoms with Crippen LogP contribution in [-0.2, 0) is 0 Å². The van der Waals surface area contributed by atoms with Gasteiger partial charge in [0, 0.05) is 29.6 Å². The summed E-state index contributed by atoms with van der Waals surface area (Å²) in [4.78, 5) is 0. The normalized spacial score (nSPS) is 21.8. The zero-order valence-corrected chi connectivity index (χ0v) is 23.7. The van der Waals surface area contributed by atoms with Crippen molar-refractivity contribution < 1.29 is 0 Å². The molecule has 40 heavy (non-hydrogen) atoms. The van der Waals surface area contributed by atoms with E-state index in [2.05, 4.69) is 84.9 Å². The molecule has 2 bridgehead atoms. The SMILES string of the molecule is c1cc2c3c(c1)sc1cccc(c13)-c1cc(C3CC4CCC3C4)cc3c1B2c1cccc2sc4cccc-3c4c12. The maximum Gasteiger partial charge on any atom is 0.244 e. The summed E-state index contributed by atoms with van der Waals surface area (Å²) in [5, 5.41) is 5.94. The highest BCUT2D eigenvalue weighted by Crippen LogP contribution is 2.54. The van der Waals surface area contributed by atoms with E-state index in [1.807, 2.05) is 22.7 Å². The Kier molecular flexibility index (Phi) is 3.88. The standard InChI is InChI=1S/C37H25BS2/c1-5-22-25-17-21(24-16-19-13-14-20(24)15-19)18-26-23-6-2-10-30-34(23)36-28(8-4-12-32(36)40-30)38(37(25)26)27-7-3-11-31-35(27)33(22)29(9-1)39-31/h1-12,17-20,24H,13-16H2. The van der Waals surface area contributed by atoms with Gasteiger partial charge in [-0.05, 0) is 99.9 Å². The molecule has 3 unspecified atom stereocenters. The molecule has 0 radical (unpaired) electrons. The van der Waals surface area contributed by atoms with Crippen LogP contribution >= 0.6 is 22.7 Å². The molecule has 2 fully saturated rings. The molecule has 2 aliphatic heterocycles. The Morgan fingerprint density at radius 2 is 1.10 bits per heavy atom. The molecule has 2 aromatic heterocycles. The second-order valence-electron chi connectivity index (χ2n) is 12.7. The molecule has 2 saturated carbocycles. The fraction of sp³-hybridized carbons (Fsp3) is 0.189. The van der Waals surface area contributed by atoms with E-state index in [0.29, 0.717) is 5.92 Å². The number of benzene rings is 5. The molecule has 0 spiro atoms. The number of hydrogen-bond donors (Lipinski definition) is 0. The van der Waals surface area contributed by atoms with Crippen molar-refractivity contribution in [3.05, 3.63) is 90.5 Å². The molecule has 7 aromatic rings. The van der Waals surface area contributed by atoms with Gasteiger partial charge in [-0.2, -0.15) is 0 Å². The van der Waals surface area contributed by atoms with E-state index in [4.69, 9.17) is 0 Å². The van der Waals surface area contributed by atoms with Crippen molar-refractivity contribution in [2.75, 3.05) is 0 Å². The fourth-order valence-corrected chi connectivity index (χ4v) is 11.8. The van der Waals surface area contributed by atoms with Crippen molar-refractivity contribution in [3.63, 3.8) is 0 Å². The molecule has 0 saturated heterocycles. The third-order valence-corrected chi connectivity index (χ3v) is 13.2. The maximum absolute atomic E-state index is 2.67. The van der Waals surface area contributed by atoms with E-state index in [9.17, 15) is 0 Å². The summed E-state index contributed by atoms with van der Waals surface area (Å²) in [5.74, 6) is 2.51. The van der Waals surface area contributed by atoms with E-state index in [0.717, 1.165) is 11.8 Å². The minimum Gasteiger partial charge on any atom is -0.135 e. The van der Waals surface area contributed by atoms with Gasteiger partial charge in [-0.1, -0.05) is 83.5 Å². The van der Waals surface area contributed by atoms with Crippen molar-refractivity contribution in [2.45, 2.75) is 31.6 Å². The number of fused-ring (bicyclic) bond motifs is 6. The Hall–Kier alpha value is -3.40. The van der Waals surface area contributed by atoms with Gasteiger partial charge in [-0.3, -0.25) is 0 Å². The van der Waals surface area contributed by atoms with Gasteiger partial charge in [-0.15, -0.1) is 22.7 Å². The molecule has 3 heteroatoms. The lowest BCUT2D eigenvalue weighted by atomic mass is 9.35. The predicted octanol–water partition coefficient (Wildman–Crippen LogP) is 8.80. The van der Waals surface area contributed by atoms with Crippen molar-refractivity contribution >= 4 is 86.1 Å². The topological polar surface area (TPSA) is 0 Å². The number of rotatable bonds is 1. The molecular weight excluding hydrogens is 519 g/mol. The van der Waals surface area contributed by atoms with Gasteiger partial charge in [0.2, 0.25) is 6.71 Å². The van der Waals surface area contributed by atoms with Gasteiger partial charge in [0.1, 0.15) is 0 Å². The molecule has 0 N–H and O–H groups in total. The Balaban J connectivity index is 1.38. The second-order valence-corrected chi connectivity index (χ2v) is 14.9. The van der Waals surface area contributed by atoms with Crippen molar-refractivity contribution in [2.24, 2.45) is 11.8 Å². The minimum absolute atomic E-state index is 0.224. The summed E-state index contributed by atoms with van der Waals surface area (Å²) in [7, 11) is 0. The van der Waals surface area contributed by atoms with Crippen molar-refractivity contribution in [3.8, 4) is 22.3 Å². The molecule has 0 amide bonds. The largest absolute Gasteiger partial charge is 0.244 e. The molecular formula is C37H25BS2. The quantitative estimate of drug-likeness (QED) is 0.181. The first-order chi connectivity index (χ1) is 19.8. The van der Waals surface area contributed by atoms with Crippen LogP contribution in [0.15, 0.2) is 84.9 Å². The summed E-state index contributed by atoms with van der Waals surface area (Å²) >= 11 is 3.94. The third kappa shape index (κ3) is 2.48. The Labute approximate surface area is 241 Å². The summed E-state index contributed by atoms with van der Waals surface area (Å²) in [6.07, 6.45) is 5.69. The van der Waals surface area contributed by atoms with Crippen LogP contribution in [0.2, 0.25) is 0 Å². The van der Waals surface area contributed by atoms with Gasteiger partial charge >= 0.3 is 0 Å². The lowest BCUT2D eigenvalue weighted by Gasteiger charge is -2.27. The number of hydrogen-bond acceptors (Lipinski definition) is 2. The Bertz CT molecular complexity index is 2120. The van der Waals surface area contributed by atoms with Crippen LogP contribution in [0.25, 0.3) is 62.6 Å². The molecule has 188 valence electrons. The third-order valence-electron chi connectivity index (χ3n) is 11.0. The minimum atomic E-state index is 0.224. The highest BCUT2D eigenvalue weighted by atomic mass is 32.1. The van der Waals surface area contributed by atoms with Gasteiger partial charge in [0.15, 0.2) is 0 Å². The molecule has 11 rings (SSSR count). The highest BCUT2D eigenvalue weighted by molar-refractivity contribution is 7.27. The number of thiophene rings is 2. The predicted molar refractivity (Wildman–Crippen MR) is 176 cm³/mol. The molecule has 3 atom stereocenters. The van der Waals surface area contributed by atoms with Crippen LogP contribution in [-0.4, -0.2) is 6.71 Å². The van der Waals surface area contributed by atoms with Gasteiger partial charge in [0.25, 0.3) is 0 Å². The second kappa shape index (κ2) is 7.27. The Morgan fingerprint density at radius 3 is 1.62 bits per heavy atom. The smallest absolute Gasteiger partial charge is 0.135 e. The lowest BCUT2D eigenvalue weighted by molar-refractivity contribution is 0.420. The van der Waals surface area contributed by atoms with E-state index in [1.54, 1.807) is 5.56 Å². The fourth-order valence-electron chi connectivity index (χ4n) is 9.49. The van der Waals surface area contributed by atoms with E-state index in [-0.39, 0.29) is 6.71 Å². The van der Waals surface area contributed by atoms with Crippen LogP contribution in [0.1, 0.15) is 37.2 Å². The molecule has 0 nitrogen and oxygen atoms in total. The zero-order valence-electron chi connectivity index (χ0n) is 22.0. The van der Waals surface area contributed by atoms with Gasteiger partial charge in [-0.25, -0.2) is 0 Å². The first kappa shape index (κ1) is 21.4. The highest BCUT2D eigenvalue weighted by Gasteiger charge is 2.42. The summed E-state index contributed by atoms with van der Waals surface area (Å²) in [6.45, 7) is 0.224. The van der Waals surface area contributed by atoms with E-state index < -0.39 is 0 Å². The molecule has 4 heterocycles. The molecule has 5 aromatic carbocycles. The van der Waals surface area contributed by atoms with Crippen LogP contribution in [0.4, 0.5) is 0 Å². The lowest BCUT2D eigenvalue weighted by Crippen LogP contribution is -2.53.